The molecule has 0 spiro atoms. The van der Waals surface area contributed by atoms with Gasteiger partial charge in [0.15, 0.2) is 0 Å². The van der Waals surface area contributed by atoms with Gasteiger partial charge in [0, 0.05) is 6.42 Å². The van der Waals surface area contributed by atoms with Crippen LogP contribution in [0.2, 0.25) is 0 Å². The highest BCUT2D eigenvalue weighted by atomic mass is 16.6. The van der Waals surface area contributed by atoms with Gasteiger partial charge in [-0.25, -0.2) is 4.79 Å². The number of nitrogens with one attached hydrogen (secondary N) is 2. The van der Waals surface area contributed by atoms with E-state index in [1.807, 2.05) is 6.92 Å². The molecule has 2 atom stereocenters. The molecule has 1 aliphatic carbocycles. The molecule has 1 saturated carbocycles. The number of carbonyl (C=O) groups excluding carboxylic acids is 2. The highest BCUT2D eigenvalue weighted by Gasteiger charge is 2.43. The standard InChI is InChI=1S/C22H42N2O4/c1-7-18(25)22(15-17-11-9-8-10-12-17,23-19(26)14-13-16(2)3)24-20(27)28-21(4,5)6/h16-18,25H,7-15H2,1-6H3,(H,23,26)(H,24,27)/t18-,22-/m0/s1. The Morgan fingerprint density at radius 1 is 1.11 bits per heavy atom. The molecule has 1 aliphatic rings. The number of aliphatic hydroxyl groups is 1. The lowest BCUT2D eigenvalue weighted by Crippen LogP contribution is -2.68. The second-order valence-corrected chi connectivity index (χ2v) is 9.71. The van der Waals surface area contributed by atoms with Gasteiger partial charge in [-0.05, 0) is 51.9 Å². The number of hydrogen-bond acceptors (Lipinski definition) is 4. The fraction of sp³-hybridized carbons (Fsp3) is 0.909. The van der Waals surface area contributed by atoms with Crippen LogP contribution in [0.25, 0.3) is 0 Å². The van der Waals surface area contributed by atoms with Crippen LogP contribution in [-0.2, 0) is 9.53 Å². The summed E-state index contributed by atoms with van der Waals surface area (Å²) in [5.74, 6) is 0.622. The van der Waals surface area contributed by atoms with E-state index in [4.69, 9.17) is 4.74 Å². The molecule has 0 aromatic rings. The lowest BCUT2D eigenvalue weighted by atomic mass is 9.80. The molecule has 1 fully saturated rings. The molecule has 0 bridgehead atoms. The van der Waals surface area contributed by atoms with Crippen LogP contribution in [-0.4, -0.2) is 34.5 Å². The van der Waals surface area contributed by atoms with Crippen LogP contribution in [0.15, 0.2) is 0 Å². The summed E-state index contributed by atoms with van der Waals surface area (Å²) >= 11 is 0. The summed E-state index contributed by atoms with van der Waals surface area (Å²) in [5, 5.41) is 16.7. The lowest BCUT2D eigenvalue weighted by molar-refractivity contribution is -0.126. The number of alkyl carbamates (subject to hydrolysis) is 1. The van der Waals surface area contributed by atoms with E-state index in [0.717, 1.165) is 32.1 Å². The Bertz CT molecular complexity index is 495. The van der Waals surface area contributed by atoms with Crippen LogP contribution in [0.5, 0.6) is 0 Å². The van der Waals surface area contributed by atoms with E-state index in [9.17, 15) is 14.7 Å². The van der Waals surface area contributed by atoms with E-state index in [1.165, 1.54) is 6.42 Å². The van der Waals surface area contributed by atoms with Gasteiger partial charge in [0.25, 0.3) is 0 Å². The Labute approximate surface area is 171 Å². The SMILES string of the molecule is CC[C@H](O)[C@@](CC1CCCCC1)(NC(=O)CCC(C)C)NC(=O)OC(C)(C)C. The topological polar surface area (TPSA) is 87.7 Å². The van der Waals surface area contributed by atoms with E-state index in [0.29, 0.717) is 31.1 Å². The summed E-state index contributed by atoms with van der Waals surface area (Å²) in [6, 6.07) is 0. The van der Waals surface area contributed by atoms with Gasteiger partial charge in [0.2, 0.25) is 5.91 Å². The highest BCUT2D eigenvalue weighted by molar-refractivity contribution is 5.78. The van der Waals surface area contributed by atoms with E-state index in [1.54, 1.807) is 20.8 Å². The second kappa shape index (κ2) is 11.0. The summed E-state index contributed by atoms with van der Waals surface area (Å²) in [6.45, 7) is 11.4. The van der Waals surface area contributed by atoms with Gasteiger partial charge >= 0.3 is 6.09 Å². The van der Waals surface area contributed by atoms with Gasteiger partial charge in [0.1, 0.15) is 11.3 Å². The molecule has 164 valence electrons. The van der Waals surface area contributed by atoms with Crippen LogP contribution in [0.1, 0.15) is 99.3 Å². The van der Waals surface area contributed by atoms with Gasteiger partial charge in [0.05, 0.1) is 6.10 Å². The van der Waals surface area contributed by atoms with Crippen molar-refractivity contribution in [2.75, 3.05) is 0 Å². The quantitative estimate of drug-likeness (QED) is 0.499. The first-order chi connectivity index (χ1) is 13.0. The largest absolute Gasteiger partial charge is 0.444 e. The molecule has 3 N–H and O–H groups in total. The molecule has 0 aliphatic heterocycles. The predicted molar refractivity (Wildman–Crippen MR) is 112 cm³/mol. The summed E-state index contributed by atoms with van der Waals surface area (Å²) in [7, 11) is 0. The van der Waals surface area contributed by atoms with Crippen LogP contribution in [0, 0.1) is 11.8 Å². The monoisotopic (exact) mass is 398 g/mol. The predicted octanol–water partition coefficient (Wildman–Crippen LogP) is 4.50. The van der Waals surface area contributed by atoms with Crippen molar-refractivity contribution in [1.82, 2.24) is 10.6 Å². The van der Waals surface area contributed by atoms with Crippen LogP contribution < -0.4 is 10.6 Å². The zero-order valence-corrected chi connectivity index (χ0v) is 18.8. The third kappa shape index (κ3) is 8.80. The first-order valence-electron chi connectivity index (χ1n) is 11.0. The van der Waals surface area contributed by atoms with Crippen LogP contribution in [0.3, 0.4) is 0 Å². The molecular formula is C22H42N2O4. The maximum Gasteiger partial charge on any atom is 0.409 e. The average molecular weight is 399 g/mol. The molecule has 6 heteroatoms. The zero-order chi connectivity index (χ0) is 21.4. The molecule has 0 unspecified atom stereocenters. The van der Waals surface area contributed by atoms with E-state index in [2.05, 4.69) is 24.5 Å². The highest BCUT2D eigenvalue weighted by Crippen LogP contribution is 2.32. The molecule has 0 radical (unpaired) electrons. The molecular weight excluding hydrogens is 356 g/mol. The Hall–Kier alpha value is -1.30. The van der Waals surface area contributed by atoms with Crippen molar-refractivity contribution < 1.29 is 19.4 Å². The number of aliphatic hydroxyl groups excluding tert-OH is 1. The van der Waals surface area contributed by atoms with Crippen molar-refractivity contribution in [1.29, 1.82) is 0 Å². The van der Waals surface area contributed by atoms with E-state index in [-0.39, 0.29) is 5.91 Å². The van der Waals surface area contributed by atoms with Gasteiger partial charge < -0.3 is 15.2 Å². The third-order valence-electron chi connectivity index (χ3n) is 5.33. The summed E-state index contributed by atoms with van der Waals surface area (Å²) in [4.78, 5) is 25.3. The number of hydrogen-bond donors (Lipinski definition) is 3. The minimum atomic E-state index is -1.20. The lowest BCUT2D eigenvalue weighted by Gasteiger charge is -2.42. The minimum Gasteiger partial charge on any atom is -0.444 e. The minimum absolute atomic E-state index is 0.145. The Morgan fingerprint density at radius 3 is 2.21 bits per heavy atom. The molecule has 0 saturated heterocycles. The van der Waals surface area contributed by atoms with Crippen molar-refractivity contribution in [2.24, 2.45) is 11.8 Å². The smallest absolute Gasteiger partial charge is 0.409 e. The number of carbonyl (C=O) groups is 2. The Morgan fingerprint density at radius 2 is 1.71 bits per heavy atom. The summed E-state index contributed by atoms with van der Waals surface area (Å²) in [5.41, 5.74) is -1.85. The van der Waals surface area contributed by atoms with Gasteiger partial charge in [-0.2, -0.15) is 0 Å². The Balaban J connectivity index is 3.05. The van der Waals surface area contributed by atoms with Gasteiger partial charge in [-0.3, -0.25) is 10.1 Å². The maximum atomic E-state index is 12.7. The molecule has 28 heavy (non-hydrogen) atoms. The van der Waals surface area contributed by atoms with Crippen molar-refractivity contribution >= 4 is 12.0 Å². The first-order valence-corrected chi connectivity index (χ1v) is 11.0. The van der Waals surface area contributed by atoms with Crippen LogP contribution in [0.4, 0.5) is 4.79 Å². The van der Waals surface area contributed by atoms with Crippen LogP contribution >= 0.6 is 0 Å². The number of amides is 2. The van der Waals surface area contributed by atoms with Crippen molar-refractivity contribution in [3.05, 3.63) is 0 Å². The number of ether oxygens (including phenoxy) is 1. The molecule has 0 aromatic carbocycles. The van der Waals surface area contributed by atoms with Crippen molar-refractivity contribution in [3.63, 3.8) is 0 Å². The summed E-state index contributed by atoms with van der Waals surface area (Å²) in [6.07, 6.45) is 6.21. The maximum absolute atomic E-state index is 12.7. The molecule has 0 heterocycles. The average Bonchev–Trinajstić information content (AvgIpc) is 2.58. The normalized spacial score (nSPS) is 19.0. The number of rotatable bonds is 9. The fourth-order valence-electron chi connectivity index (χ4n) is 3.85. The van der Waals surface area contributed by atoms with Crippen molar-refractivity contribution in [3.8, 4) is 0 Å². The van der Waals surface area contributed by atoms with Gasteiger partial charge in [-0.1, -0.05) is 52.9 Å². The van der Waals surface area contributed by atoms with Gasteiger partial charge in [-0.15, -0.1) is 0 Å². The zero-order valence-electron chi connectivity index (χ0n) is 18.8. The fourth-order valence-corrected chi connectivity index (χ4v) is 3.85. The molecule has 1 rings (SSSR count). The third-order valence-corrected chi connectivity index (χ3v) is 5.33. The first kappa shape index (κ1) is 24.7. The van der Waals surface area contributed by atoms with E-state index >= 15 is 0 Å². The molecule has 0 aromatic heterocycles. The molecule has 6 nitrogen and oxygen atoms in total. The van der Waals surface area contributed by atoms with E-state index < -0.39 is 23.5 Å². The second-order valence-electron chi connectivity index (χ2n) is 9.71. The Kier molecular flexibility index (Phi) is 9.75. The summed E-state index contributed by atoms with van der Waals surface area (Å²) < 4.78 is 5.44. The van der Waals surface area contributed by atoms with Crippen molar-refractivity contribution in [2.45, 2.75) is 117 Å². The molecule has 2 amide bonds.